The van der Waals surface area contributed by atoms with E-state index in [0.29, 0.717) is 6.61 Å². The molecule has 0 spiro atoms. The van der Waals surface area contributed by atoms with E-state index in [4.69, 9.17) is 4.74 Å². The molecule has 2 nitrogen and oxygen atoms in total. The third-order valence-electron chi connectivity index (χ3n) is 1.42. The van der Waals surface area contributed by atoms with E-state index in [2.05, 4.69) is 6.92 Å². The topological polar surface area (TPSA) is 26.3 Å². The first-order chi connectivity index (χ1) is 5.22. The Morgan fingerprint density at radius 3 is 2.55 bits per heavy atom. The van der Waals surface area contributed by atoms with Crippen LogP contribution < -0.4 is 0 Å². The molecule has 0 saturated carbocycles. The van der Waals surface area contributed by atoms with Gasteiger partial charge < -0.3 is 4.74 Å². The highest BCUT2D eigenvalue weighted by Gasteiger charge is 2.11. The fraction of sp³-hybridized carbons (Fsp3) is 0.778. The fourth-order valence-corrected chi connectivity index (χ4v) is 0.787. The lowest BCUT2D eigenvalue weighted by atomic mass is 10.1. The second-order valence-corrected chi connectivity index (χ2v) is 2.65. The summed E-state index contributed by atoms with van der Waals surface area (Å²) in [6.07, 6.45) is 2.68. The Balaban J connectivity index is 3.47. The Morgan fingerprint density at radius 2 is 2.09 bits per heavy atom. The van der Waals surface area contributed by atoms with Crippen molar-refractivity contribution in [2.24, 2.45) is 5.92 Å². The predicted molar refractivity (Wildman–Crippen MR) is 45.0 cm³/mol. The van der Waals surface area contributed by atoms with E-state index in [1.165, 1.54) is 0 Å². The Labute approximate surface area is 68.9 Å². The summed E-state index contributed by atoms with van der Waals surface area (Å²) in [5.41, 5.74) is 0. The molecule has 1 radical (unpaired) electrons. The van der Waals surface area contributed by atoms with Gasteiger partial charge in [0.2, 0.25) is 0 Å². The van der Waals surface area contributed by atoms with Crippen LogP contribution in [0.4, 0.5) is 0 Å². The highest BCUT2D eigenvalue weighted by atomic mass is 16.5. The summed E-state index contributed by atoms with van der Waals surface area (Å²) < 4.78 is 4.90. The molecule has 0 aliphatic carbocycles. The van der Waals surface area contributed by atoms with Gasteiger partial charge in [0.15, 0.2) is 0 Å². The van der Waals surface area contributed by atoms with Gasteiger partial charge in [0.25, 0.3) is 0 Å². The molecule has 0 aliphatic rings. The molecule has 0 N–H and O–H groups in total. The van der Waals surface area contributed by atoms with E-state index in [9.17, 15) is 4.79 Å². The molecule has 0 aromatic rings. The number of esters is 1. The Kier molecular flexibility index (Phi) is 5.90. The molecule has 0 aromatic heterocycles. The van der Waals surface area contributed by atoms with Gasteiger partial charge in [-0.1, -0.05) is 20.3 Å². The van der Waals surface area contributed by atoms with Gasteiger partial charge in [0.1, 0.15) is 0 Å². The first kappa shape index (κ1) is 10.5. The maximum Gasteiger partial charge on any atom is 0.308 e. The van der Waals surface area contributed by atoms with E-state index in [1.54, 1.807) is 0 Å². The van der Waals surface area contributed by atoms with E-state index in [-0.39, 0.29) is 11.9 Å². The number of rotatable bonds is 5. The lowest BCUT2D eigenvalue weighted by molar-refractivity contribution is -0.147. The molecule has 1 atom stereocenters. The van der Waals surface area contributed by atoms with Crippen LogP contribution in [0.25, 0.3) is 0 Å². The summed E-state index contributed by atoms with van der Waals surface area (Å²) in [7, 11) is 0. The Bertz CT molecular complexity index is 110. The average molecular weight is 157 g/mol. The molecule has 65 valence electrons. The molecule has 11 heavy (non-hydrogen) atoms. The number of hydrogen-bond donors (Lipinski definition) is 0. The zero-order valence-corrected chi connectivity index (χ0v) is 7.43. The first-order valence-electron chi connectivity index (χ1n) is 4.22. The summed E-state index contributed by atoms with van der Waals surface area (Å²) in [6.45, 7) is 8.24. The lowest BCUT2D eigenvalue weighted by Crippen LogP contribution is -2.15. The molecule has 0 aliphatic heterocycles. The zero-order valence-electron chi connectivity index (χ0n) is 7.43. The molecule has 2 heteroatoms. The SMILES string of the molecule is [CH2]C(CCC)C(=O)OCCC. The summed E-state index contributed by atoms with van der Waals surface area (Å²) in [6, 6.07) is 0. The molecule has 0 heterocycles. The van der Waals surface area contributed by atoms with Crippen molar-refractivity contribution in [3.05, 3.63) is 6.92 Å². The molecule has 0 fully saturated rings. The first-order valence-corrected chi connectivity index (χ1v) is 4.22. The minimum Gasteiger partial charge on any atom is -0.465 e. The number of carbonyl (C=O) groups excluding carboxylic acids is 1. The van der Waals surface area contributed by atoms with Gasteiger partial charge in [0.05, 0.1) is 12.5 Å². The molecule has 1 unspecified atom stereocenters. The molecule has 0 rings (SSSR count). The van der Waals surface area contributed by atoms with Gasteiger partial charge in [-0.05, 0) is 19.8 Å². The van der Waals surface area contributed by atoms with Crippen molar-refractivity contribution in [1.82, 2.24) is 0 Å². The number of ether oxygens (including phenoxy) is 1. The fourth-order valence-electron chi connectivity index (χ4n) is 0.787. The Hall–Kier alpha value is -0.530. The zero-order chi connectivity index (χ0) is 8.69. The van der Waals surface area contributed by atoms with Crippen LogP contribution in [-0.2, 0) is 9.53 Å². The third-order valence-corrected chi connectivity index (χ3v) is 1.42. The van der Waals surface area contributed by atoms with E-state index in [0.717, 1.165) is 19.3 Å². The van der Waals surface area contributed by atoms with Crippen molar-refractivity contribution in [2.75, 3.05) is 6.61 Å². The van der Waals surface area contributed by atoms with Gasteiger partial charge in [0, 0.05) is 0 Å². The third kappa shape index (κ3) is 4.82. The molecule has 0 aromatic carbocycles. The summed E-state index contributed by atoms with van der Waals surface area (Å²) in [5.74, 6) is -0.333. The molecule has 0 saturated heterocycles. The van der Waals surface area contributed by atoms with Gasteiger partial charge in [-0.25, -0.2) is 0 Å². The summed E-state index contributed by atoms with van der Waals surface area (Å²) in [4.78, 5) is 11.0. The summed E-state index contributed by atoms with van der Waals surface area (Å²) >= 11 is 0. The standard InChI is InChI=1S/C9H17O2/c1-4-6-8(3)9(10)11-7-5-2/h8H,3-7H2,1-2H3. The second kappa shape index (κ2) is 6.20. The van der Waals surface area contributed by atoms with Crippen LogP contribution in [0.15, 0.2) is 0 Å². The Morgan fingerprint density at radius 1 is 1.45 bits per heavy atom. The van der Waals surface area contributed by atoms with Gasteiger partial charge in [-0.2, -0.15) is 0 Å². The van der Waals surface area contributed by atoms with Crippen molar-refractivity contribution in [3.63, 3.8) is 0 Å². The van der Waals surface area contributed by atoms with Crippen LogP contribution in [0.1, 0.15) is 33.1 Å². The predicted octanol–water partition coefficient (Wildman–Crippen LogP) is 2.19. The highest BCUT2D eigenvalue weighted by Crippen LogP contribution is 2.06. The van der Waals surface area contributed by atoms with Crippen molar-refractivity contribution < 1.29 is 9.53 Å². The van der Waals surface area contributed by atoms with Gasteiger partial charge >= 0.3 is 5.97 Å². The van der Waals surface area contributed by atoms with Crippen LogP contribution in [0.5, 0.6) is 0 Å². The molecular weight excluding hydrogens is 140 g/mol. The number of hydrogen-bond acceptors (Lipinski definition) is 2. The number of carbonyl (C=O) groups is 1. The van der Waals surface area contributed by atoms with E-state index >= 15 is 0 Å². The largest absolute Gasteiger partial charge is 0.465 e. The van der Waals surface area contributed by atoms with Gasteiger partial charge in [-0.3, -0.25) is 4.79 Å². The maximum atomic E-state index is 11.0. The minimum absolute atomic E-state index is 0.159. The van der Waals surface area contributed by atoms with E-state index in [1.807, 2.05) is 13.8 Å². The molecule has 0 bridgehead atoms. The van der Waals surface area contributed by atoms with Gasteiger partial charge in [-0.15, -0.1) is 0 Å². The minimum atomic E-state index is -0.174. The maximum absolute atomic E-state index is 11.0. The van der Waals surface area contributed by atoms with Crippen LogP contribution in [-0.4, -0.2) is 12.6 Å². The second-order valence-electron chi connectivity index (χ2n) is 2.65. The van der Waals surface area contributed by atoms with E-state index < -0.39 is 0 Å². The quantitative estimate of drug-likeness (QED) is 0.572. The molecular formula is C9H17O2. The van der Waals surface area contributed by atoms with Crippen LogP contribution in [0.3, 0.4) is 0 Å². The summed E-state index contributed by atoms with van der Waals surface area (Å²) in [5, 5.41) is 0. The molecule has 0 amide bonds. The monoisotopic (exact) mass is 157 g/mol. The lowest BCUT2D eigenvalue weighted by Gasteiger charge is -2.08. The smallest absolute Gasteiger partial charge is 0.308 e. The van der Waals surface area contributed by atoms with Crippen molar-refractivity contribution in [3.8, 4) is 0 Å². The van der Waals surface area contributed by atoms with Crippen molar-refractivity contribution >= 4 is 5.97 Å². The normalized spacial score (nSPS) is 12.6. The van der Waals surface area contributed by atoms with Crippen LogP contribution in [0, 0.1) is 12.8 Å². The highest BCUT2D eigenvalue weighted by molar-refractivity contribution is 5.72. The van der Waals surface area contributed by atoms with Crippen molar-refractivity contribution in [2.45, 2.75) is 33.1 Å². The van der Waals surface area contributed by atoms with Crippen LogP contribution >= 0.6 is 0 Å². The average Bonchev–Trinajstić information content (AvgIpc) is 2.00. The van der Waals surface area contributed by atoms with Crippen LogP contribution in [0.2, 0.25) is 0 Å². The van der Waals surface area contributed by atoms with Crippen molar-refractivity contribution in [1.29, 1.82) is 0 Å².